The summed E-state index contributed by atoms with van der Waals surface area (Å²) in [6, 6.07) is 0. The third-order valence-electron chi connectivity index (χ3n) is 4.07. The van der Waals surface area contributed by atoms with E-state index < -0.39 is 74.6 Å². The largest absolute Gasteiger partial charge is 0.394 e. The average molecular weight is 342 g/mol. The highest BCUT2D eigenvalue weighted by atomic mass is 16.8. The number of hydrogen-bond donors (Lipinski definition) is 8. The zero-order chi connectivity index (χ0) is 17.4. The maximum absolute atomic E-state index is 10.00. The number of hydrogen-bond acceptors (Lipinski definition) is 11. The smallest absolute Gasteiger partial charge is 0.224 e. The highest BCUT2D eigenvalue weighted by Gasteiger charge is 2.58. The molecule has 0 aromatic carbocycles. The molecule has 8 N–H and O–H groups in total. The molecule has 11 heteroatoms. The molecule has 2 saturated heterocycles. The Balaban J connectivity index is 2.18. The average Bonchev–Trinajstić information content (AvgIpc) is 2.80. The Hall–Kier alpha value is -0.440. The minimum Gasteiger partial charge on any atom is -0.394 e. The molecular weight excluding hydrogens is 320 g/mol. The van der Waals surface area contributed by atoms with E-state index in [1.54, 1.807) is 0 Å². The van der Waals surface area contributed by atoms with Crippen LogP contribution in [0.25, 0.3) is 0 Å². The lowest BCUT2D eigenvalue weighted by atomic mass is 9.99. The molecule has 11 nitrogen and oxygen atoms in total. The minimum atomic E-state index is -2.22. The first-order valence-corrected chi connectivity index (χ1v) is 7.05. The number of ether oxygens (including phenoxy) is 3. The molecule has 0 aliphatic carbocycles. The fraction of sp³-hybridized carbons (Fsp3) is 1.00. The van der Waals surface area contributed by atoms with Crippen molar-refractivity contribution in [1.29, 1.82) is 0 Å². The highest BCUT2D eigenvalue weighted by Crippen LogP contribution is 2.35. The highest BCUT2D eigenvalue weighted by molar-refractivity contribution is 4.98. The van der Waals surface area contributed by atoms with Crippen LogP contribution in [-0.2, 0) is 14.2 Å². The summed E-state index contributed by atoms with van der Waals surface area (Å²) in [5.74, 6) is -2.22. The van der Waals surface area contributed by atoms with Gasteiger partial charge in [-0.3, -0.25) is 0 Å². The van der Waals surface area contributed by atoms with Crippen LogP contribution >= 0.6 is 0 Å². The second-order valence-corrected chi connectivity index (χ2v) is 5.56. The van der Waals surface area contributed by atoms with E-state index in [9.17, 15) is 30.6 Å². The van der Waals surface area contributed by atoms with Crippen LogP contribution in [-0.4, -0.2) is 115 Å². The number of aliphatic hydroxyl groups is 8. The molecule has 0 saturated carbocycles. The van der Waals surface area contributed by atoms with E-state index in [0.717, 1.165) is 0 Å². The normalized spacial score (nSPS) is 51.1. The van der Waals surface area contributed by atoms with E-state index in [1.807, 2.05) is 0 Å². The summed E-state index contributed by atoms with van der Waals surface area (Å²) >= 11 is 0. The Bertz CT molecular complexity index is 393. The van der Waals surface area contributed by atoms with Crippen LogP contribution < -0.4 is 0 Å². The molecule has 0 aromatic heterocycles. The summed E-state index contributed by atoms with van der Waals surface area (Å²) < 4.78 is 15.4. The first kappa shape index (κ1) is 18.9. The van der Waals surface area contributed by atoms with E-state index in [2.05, 4.69) is 0 Å². The lowest BCUT2D eigenvalue weighted by molar-refractivity contribution is -0.383. The summed E-state index contributed by atoms with van der Waals surface area (Å²) in [6.45, 7) is -2.32. The van der Waals surface area contributed by atoms with Crippen molar-refractivity contribution in [3.05, 3.63) is 0 Å². The maximum Gasteiger partial charge on any atom is 0.224 e. The van der Waals surface area contributed by atoms with E-state index in [-0.39, 0.29) is 0 Å². The van der Waals surface area contributed by atoms with E-state index in [4.69, 9.17) is 24.4 Å². The Morgan fingerprint density at radius 3 is 1.87 bits per heavy atom. The molecule has 2 aliphatic heterocycles. The van der Waals surface area contributed by atoms with Crippen molar-refractivity contribution in [2.75, 3.05) is 19.8 Å². The van der Waals surface area contributed by atoms with Gasteiger partial charge in [-0.15, -0.1) is 0 Å². The zero-order valence-corrected chi connectivity index (χ0v) is 12.0. The zero-order valence-electron chi connectivity index (χ0n) is 12.0. The van der Waals surface area contributed by atoms with Crippen LogP contribution in [0.5, 0.6) is 0 Å². The molecule has 9 atom stereocenters. The maximum atomic E-state index is 10.00. The SMILES string of the molecule is OCC1O[C@H](O[C@@]2(CO)O[C@H](CO)C(O)[C@H]2O)C(O)[C@@H](O)[C@@H]1O. The van der Waals surface area contributed by atoms with Crippen LogP contribution in [0.1, 0.15) is 0 Å². The third-order valence-corrected chi connectivity index (χ3v) is 4.07. The van der Waals surface area contributed by atoms with Gasteiger partial charge in [-0.2, -0.15) is 0 Å². The first-order chi connectivity index (χ1) is 10.8. The fourth-order valence-electron chi connectivity index (χ4n) is 2.63. The molecule has 0 radical (unpaired) electrons. The van der Waals surface area contributed by atoms with E-state index >= 15 is 0 Å². The summed E-state index contributed by atoms with van der Waals surface area (Å²) in [4.78, 5) is 0. The van der Waals surface area contributed by atoms with Gasteiger partial charge in [0.2, 0.25) is 5.79 Å². The first-order valence-electron chi connectivity index (χ1n) is 7.05. The number of rotatable bonds is 5. The lowest BCUT2D eigenvalue weighted by Gasteiger charge is -2.43. The van der Waals surface area contributed by atoms with Gasteiger partial charge in [0.15, 0.2) is 6.29 Å². The Labute approximate surface area is 130 Å². The summed E-state index contributed by atoms with van der Waals surface area (Å²) in [7, 11) is 0. The monoisotopic (exact) mass is 342 g/mol. The van der Waals surface area contributed by atoms with Crippen LogP contribution in [0.2, 0.25) is 0 Å². The van der Waals surface area contributed by atoms with Gasteiger partial charge in [0.25, 0.3) is 0 Å². The van der Waals surface area contributed by atoms with Crippen molar-refractivity contribution in [3.8, 4) is 0 Å². The summed E-state index contributed by atoms with van der Waals surface area (Å²) in [5.41, 5.74) is 0. The molecule has 0 spiro atoms. The third kappa shape index (κ3) is 3.23. The number of aliphatic hydroxyl groups excluding tert-OH is 8. The van der Waals surface area contributed by atoms with E-state index in [0.29, 0.717) is 0 Å². The topological polar surface area (TPSA) is 190 Å². The van der Waals surface area contributed by atoms with E-state index in [1.165, 1.54) is 0 Å². The predicted molar refractivity (Wildman–Crippen MR) is 68.6 cm³/mol. The molecule has 3 unspecified atom stereocenters. The predicted octanol–water partition coefficient (Wildman–Crippen LogP) is -5.40. The second-order valence-electron chi connectivity index (χ2n) is 5.56. The van der Waals surface area contributed by atoms with Crippen molar-refractivity contribution in [1.82, 2.24) is 0 Å². The van der Waals surface area contributed by atoms with Crippen LogP contribution in [0.15, 0.2) is 0 Å². The van der Waals surface area contributed by atoms with Crippen molar-refractivity contribution in [3.63, 3.8) is 0 Å². The van der Waals surface area contributed by atoms with Crippen LogP contribution in [0.3, 0.4) is 0 Å². The lowest BCUT2D eigenvalue weighted by Crippen LogP contribution is -2.62. The van der Waals surface area contributed by atoms with Gasteiger partial charge in [0.05, 0.1) is 13.2 Å². The Morgan fingerprint density at radius 2 is 1.39 bits per heavy atom. The molecule has 0 amide bonds. The standard InChI is InChI=1S/C12H22O11/c13-1-4-6(16)8(18)9(19)11(21-4)23-12(3-15)10(20)7(17)5(2-14)22-12/h4-11,13-20H,1-3H2/t4?,5-,6-,7?,8+,9?,10-,11-,12-/m1/s1. The quantitative estimate of drug-likeness (QED) is 0.238. The van der Waals surface area contributed by atoms with Crippen molar-refractivity contribution < 1.29 is 55.1 Å². The Kier molecular flexibility index (Phi) is 5.92. The van der Waals surface area contributed by atoms with Crippen molar-refractivity contribution >= 4 is 0 Å². The van der Waals surface area contributed by atoms with Crippen molar-refractivity contribution in [2.45, 2.75) is 54.8 Å². The molecule has 2 aliphatic rings. The molecule has 2 heterocycles. The molecule has 2 fully saturated rings. The molecule has 0 aromatic rings. The second kappa shape index (κ2) is 7.21. The van der Waals surface area contributed by atoms with Gasteiger partial charge >= 0.3 is 0 Å². The van der Waals surface area contributed by atoms with Gasteiger partial charge < -0.3 is 55.1 Å². The van der Waals surface area contributed by atoms with Gasteiger partial charge in [0, 0.05) is 0 Å². The Morgan fingerprint density at radius 1 is 0.783 bits per heavy atom. The van der Waals surface area contributed by atoms with Gasteiger partial charge in [0.1, 0.15) is 49.3 Å². The van der Waals surface area contributed by atoms with Gasteiger partial charge in [-0.05, 0) is 0 Å². The molecule has 136 valence electrons. The molecule has 0 bridgehead atoms. The van der Waals surface area contributed by atoms with Gasteiger partial charge in [-0.25, -0.2) is 0 Å². The van der Waals surface area contributed by atoms with Crippen LogP contribution in [0.4, 0.5) is 0 Å². The molecule has 23 heavy (non-hydrogen) atoms. The van der Waals surface area contributed by atoms with Crippen LogP contribution in [0, 0.1) is 0 Å². The molecule has 2 rings (SSSR count). The van der Waals surface area contributed by atoms with Gasteiger partial charge in [-0.1, -0.05) is 0 Å². The molecular formula is C12H22O11. The van der Waals surface area contributed by atoms with Crippen molar-refractivity contribution in [2.24, 2.45) is 0 Å². The summed E-state index contributed by atoms with van der Waals surface area (Å²) in [5, 5.41) is 76.7. The minimum absolute atomic E-state index is 0.669. The summed E-state index contributed by atoms with van der Waals surface area (Å²) in [6.07, 6.45) is -12.7. The fourth-order valence-corrected chi connectivity index (χ4v) is 2.63.